The van der Waals surface area contributed by atoms with E-state index in [-0.39, 0.29) is 12.3 Å². The molecule has 0 unspecified atom stereocenters. The summed E-state index contributed by atoms with van der Waals surface area (Å²) in [4.78, 5) is 23.6. The lowest BCUT2D eigenvalue weighted by molar-refractivity contribution is 0.0520. The average Bonchev–Trinajstić information content (AvgIpc) is 2.28. The summed E-state index contributed by atoms with van der Waals surface area (Å²) in [5.41, 5.74) is 3.22. The summed E-state index contributed by atoms with van der Waals surface area (Å²) in [6, 6.07) is 3.85. The minimum atomic E-state index is -0.577. The van der Waals surface area contributed by atoms with Crippen molar-refractivity contribution in [3.63, 3.8) is 0 Å². The Kier molecular flexibility index (Phi) is 4.93. The van der Waals surface area contributed by atoms with Crippen LogP contribution in [0, 0.1) is 20.8 Å². The minimum Gasteiger partial charge on any atom is -0.444 e. The first-order chi connectivity index (χ1) is 9.10. The van der Waals surface area contributed by atoms with Gasteiger partial charge in [0, 0.05) is 5.56 Å². The van der Waals surface area contributed by atoms with E-state index in [1.807, 2.05) is 32.9 Å². The highest BCUT2D eigenvalue weighted by molar-refractivity contribution is 6.00. The maximum Gasteiger partial charge on any atom is 0.408 e. The van der Waals surface area contributed by atoms with Crippen molar-refractivity contribution in [3.05, 3.63) is 34.4 Å². The number of benzene rings is 1. The number of hydrogen-bond acceptors (Lipinski definition) is 3. The molecule has 1 aromatic carbocycles. The number of alkyl carbamates (subject to hydrolysis) is 1. The predicted molar refractivity (Wildman–Crippen MR) is 79.2 cm³/mol. The number of carbonyl (C=O) groups excluding carboxylic acids is 2. The summed E-state index contributed by atoms with van der Waals surface area (Å²) in [5.74, 6) is -0.114. The summed E-state index contributed by atoms with van der Waals surface area (Å²) in [7, 11) is 0. The largest absolute Gasteiger partial charge is 0.444 e. The SMILES string of the molecule is Cc1cc(C)c(C(=O)CNC(=O)OC(C)(C)C)cc1C. The molecule has 0 radical (unpaired) electrons. The molecule has 4 heteroatoms. The van der Waals surface area contributed by atoms with Crippen LogP contribution in [0.25, 0.3) is 0 Å². The van der Waals surface area contributed by atoms with E-state index < -0.39 is 11.7 Å². The van der Waals surface area contributed by atoms with Crippen molar-refractivity contribution in [2.24, 2.45) is 0 Å². The Hall–Kier alpha value is -1.84. The predicted octanol–water partition coefficient (Wildman–Crippen LogP) is 3.32. The number of carbonyl (C=O) groups is 2. The van der Waals surface area contributed by atoms with Crippen molar-refractivity contribution in [1.82, 2.24) is 5.32 Å². The first-order valence-electron chi connectivity index (χ1n) is 6.68. The van der Waals surface area contributed by atoms with Crippen molar-refractivity contribution >= 4 is 11.9 Å². The van der Waals surface area contributed by atoms with Crippen LogP contribution in [0.4, 0.5) is 4.79 Å². The quantitative estimate of drug-likeness (QED) is 0.862. The zero-order valence-corrected chi connectivity index (χ0v) is 13.1. The van der Waals surface area contributed by atoms with Crippen LogP contribution < -0.4 is 5.32 Å². The van der Waals surface area contributed by atoms with E-state index in [1.165, 1.54) is 0 Å². The van der Waals surface area contributed by atoms with Gasteiger partial charge in [-0.15, -0.1) is 0 Å². The molecule has 1 amide bonds. The second-order valence-electron chi connectivity index (χ2n) is 6.03. The van der Waals surface area contributed by atoms with Gasteiger partial charge in [-0.3, -0.25) is 4.79 Å². The summed E-state index contributed by atoms with van der Waals surface area (Å²) in [6.45, 7) is 11.2. The molecule has 1 rings (SSSR count). The fraction of sp³-hybridized carbons (Fsp3) is 0.500. The standard InChI is InChI=1S/C16H23NO3/c1-10-7-12(3)13(8-11(10)2)14(18)9-17-15(19)20-16(4,5)6/h7-8H,9H2,1-6H3,(H,17,19). The molecule has 110 valence electrons. The maximum atomic E-state index is 12.1. The van der Waals surface area contributed by atoms with Gasteiger partial charge in [0.15, 0.2) is 5.78 Å². The molecule has 0 fully saturated rings. The van der Waals surface area contributed by atoms with Crippen molar-refractivity contribution in [2.45, 2.75) is 47.1 Å². The molecular formula is C16H23NO3. The van der Waals surface area contributed by atoms with Crippen LogP contribution in [0.5, 0.6) is 0 Å². The molecule has 0 spiro atoms. The maximum absolute atomic E-state index is 12.1. The molecule has 0 aliphatic carbocycles. The van der Waals surface area contributed by atoms with E-state index in [9.17, 15) is 9.59 Å². The van der Waals surface area contributed by atoms with Gasteiger partial charge in [0.1, 0.15) is 5.60 Å². The van der Waals surface area contributed by atoms with Gasteiger partial charge in [0.25, 0.3) is 0 Å². The average molecular weight is 277 g/mol. The molecule has 20 heavy (non-hydrogen) atoms. The second kappa shape index (κ2) is 6.07. The van der Waals surface area contributed by atoms with Crippen LogP contribution in [0.1, 0.15) is 47.8 Å². The number of rotatable bonds is 3. The molecule has 0 bridgehead atoms. The minimum absolute atomic E-state index is 0.0573. The number of ether oxygens (including phenoxy) is 1. The van der Waals surface area contributed by atoms with Crippen LogP contribution in [0.15, 0.2) is 12.1 Å². The molecule has 0 saturated carbocycles. The third kappa shape index (κ3) is 4.68. The topological polar surface area (TPSA) is 55.4 Å². The van der Waals surface area contributed by atoms with Gasteiger partial charge in [-0.1, -0.05) is 6.07 Å². The van der Waals surface area contributed by atoms with E-state index in [2.05, 4.69) is 5.32 Å². The first kappa shape index (κ1) is 16.2. The van der Waals surface area contributed by atoms with Gasteiger partial charge in [0.2, 0.25) is 0 Å². The van der Waals surface area contributed by atoms with E-state index in [4.69, 9.17) is 4.74 Å². The van der Waals surface area contributed by atoms with E-state index in [1.54, 1.807) is 20.8 Å². The Morgan fingerprint density at radius 2 is 1.60 bits per heavy atom. The molecule has 1 aromatic rings. The van der Waals surface area contributed by atoms with Crippen LogP contribution >= 0.6 is 0 Å². The zero-order valence-electron chi connectivity index (χ0n) is 13.1. The number of ketones is 1. The molecule has 0 aromatic heterocycles. The van der Waals surface area contributed by atoms with Crippen LogP contribution in [0.3, 0.4) is 0 Å². The number of Topliss-reactive ketones (excluding diaryl/α,β-unsaturated/α-hetero) is 1. The summed E-state index contributed by atoms with van der Waals surface area (Å²) in [5, 5.41) is 2.49. The lowest BCUT2D eigenvalue weighted by atomic mass is 9.98. The first-order valence-corrected chi connectivity index (χ1v) is 6.68. The van der Waals surface area contributed by atoms with Gasteiger partial charge in [-0.2, -0.15) is 0 Å². The molecule has 1 N–H and O–H groups in total. The van der Waals surface area contributed by atoms with E-state index >= 15 is 0 Å². The number of hydrogen-bond donors (Lipinski definition) is 1. The molecule has 0 atom stereocenters. The van der Waals surface area contributed by atoms with E-state index in [0.717, 1.165) is 16.7 Å². The fourth-order valence-corrected chi connectivity index (χ4v) is 1.82. The Balaban J connectivity index is 2.69. The lowest BCUT2D eigenvalue weighted by Crippen LogP contribution is -2.35. The normalized spacial score (nSPS) is 11.1. The third-order valence-electron chi connectivity index (χ3n) is 2.93. The van der Waals surface area contributed by atoms with Gasteiger partial charge in [0.05, 0.1) is 6.54 Å². The molecule has 0 saturated heterocycles. The highest BCUT2D eigenvalue weighted by Gasteiger charge is 2.17. The molecule has 4 nitrogen and oxygen atoms in total. The van der Waals surface area contributed by atoms with Crippen LogP contribution in [-0.4, -0.2) is 24.0 Å². The third-order valence-corrected chi connectivity index (χ3v) is 2.93. The second-order valence-corrected chi connectivity index (χ2v) is 6.03. The Morgan fingerprint density at radius 1 is 1.05 bits per heavy atom. The zero-order chi connectivity index (χ0) is 15.5. The summed E-state index contributed by atoms with van der Waals surface area (Å²) in [6.07, 6.45) is -0.577. The summed E-state index contributed by atoms with van der Waals surface area (Å²) < 4.78 is 5.09. The van der Waals surface area contributed by atoms with Crippen molar-refractivity contribution in [2.75, 3.05) is 6.54 Å². The van der Waals surface area contributed by atoms with Crippen molar-refractivity contribution < 1.29 is 14.3 Å². The van der Waals surface area contributed by atoms with E-state index in [0.29, 0.717) is 5.56 Å². The highest BCUT2D eigenvalue weighted by atomic mass is 16.6. The summed E-state index contributed by atoms with van der Waals surface area (Å²) >= 11 is 0. The van der Waals surface area contributed by atoms with Gasteiger partial charge >= 0.3 is 6.09 Å². The Bertz CT molecular complexity index is 527. The monoisotopic (exact) mass is 277 g/mol. The molecular weight excluding hydrogens is 254 g/mol. The van der Waals surface area contributed by atoms with Crippen LogP contribution in [0.2, 0.25) is 0 Å². The number of amides is 1. The lowest BCUT2D eigenvalue weighted by Gasteiger charge is -2.19. The van der Waals surface area contributed by atoms with Crippen molar-refractivity contribution in [3.8, 4) is 0 Å². The highest BCUT2D eigenvalue weighted by Crippen LogP contribution is 2.15. The fourth-order valence-electron chi connectivity index (χ4n) is 1.82. The van der Waals surface area contributed by atoms with Gasteiger partial charge in [-0.05, 0) is 64.3 Å². The van der Waals surface area contributed by atoms with Gasteiger partial charge < -0.3 is 10.1 Å². The number of aryl methyl sites for hydroxylation is 3. The van der Waals surface area contributed by atoms with Crippen molar-refractivity contribution in [1.29, 1.82) is 0 Å². The molecule has 0 heterocycles. The Labute approximate surface area is 120 Å². The molecule has 0 aliphatic rings. The Morgan fingerprint density at radius 3 is 2.15 bits per heavy atom. The number of nitrogens with one attached hydrogen (secondary N) is 1. The molecule has 0 aliphatic heterocycles. The smallest absolute Gasteiger partial charge is 0.408 e. The van der Waals surface area contributed by atoms with Crippen LogP contribution in [-0.2, 0) is 4.74 Å². The van der Waals surface area contributed by atoms with Gasteiger partial charge in [-0.25, -0.2) is 4.79 Å².